The molecule has 2 N–H and O–H groups in total. The largest absolute Gasteiger partial charge is 0.459 e. The SMILES string of the molecule is CCOC(=O)C(=O)N1CCC(CC(N)=O)CC1. The van der Waals surface area contributed by atoms with E-state index in [1.807, 2.05) is 0 Å². The molecule has 0 aromatic carbocycles. The van der Waals surface area contributed by atoms with Crippen molar-refractivity contribution in [3.63, 3.8) is 0 Å². The Morgan fingerprint density at radius 3 is 2.35 bits per heavy atom. The van der Waals surface area contributed by atoms with Crippen LogP contribution in [0.4, 0.5) is 0 Å². The minimum atomic E-state index is -0.805. The van der Waals surface area contributed by atoms with Gasteiger partial charge in [-0.25, -0.2) is 4.79 Å². The summed E-state index contributed by atoms with van der Waals surface area (Å²) in [6.07, 6.45) is 1.75. The van der Waals surface area contributed by atoms with Crippen LogP contribution in [0.15, 0.2) is 0 Å². The molecule has 0 atom stereocenters. The normalized spacial score (nSPS) is 16.6. The van der Waals surface area contributed by atoms with Crippen molar-refractivity contribution in [3.05, 3.63) is 0 Å². The van der Waals surface area contributed by atoms with E-state index < -0.39 is 11.9 Å². The lowest BCUT2D eigenvalue weighted by atomic mass is 9.93. The van der Waals surface area contributed by atoms with Crippen LogP contribution in [-0.4, -0.2) is 42.4 Å². The molecule has 96 valence electrons. The second-order valence-electron chi connectivity index (χ2n) is 4.13. The summed E-state index contributed by atoms with van der Waals surface area (Å²) in [6.45, 7) is 2.82. The maximum atomic E-state index is 11.6. The fraction of sp³-hybridized carbons (Fsp3) is 0.727. The van der Waals surface area contributed by atoms with Gasteiger partial charge in [0.1, 0.15) is 0 Å². The Kier molecular flexibility index (Phi) is 4.93. The number of hydrogen-bond acceptors (Lipinski definition) is 4. The average molecular weight is 242 g/mol. The average Bonchev–Trinajstić information content (AvgIpc) is 2.28. The third-order valence-electron chi connectivity index (χ3n) is 2.84. The van der Waals surface area contributed by atoms with E-state index in [4.69, 9.17) is 5.73 Å². The van der Waals surface area contributed by atoms with Crippen LogP contribution in [-0.2, 0) is 19.1 Å². The number of amides is 2. The van der Waals surface area contributed by atoms with Crippen molar-refractivity contribution in [2.75, 3.05) is 19.7 Å². The highest BCUT2D eigenvalue weighted by molar-refractivity contribution is 6.32. The predicted molar refractivity (Wildman–Crippen MR) is 59.7 cm³/mol. The van der Waals surface area contributed by atoms with Gasteiger partial charge in [0, 0.05) is 19.5 Å². The van der Waals surface area contributed by atoms with Gasteiger partial charge in [-0.1, -0.05) is 0 Å². The Bertz CT molecular complexity index is 309. The van der Waals surface area contributed by atoms with Gasteiger partial charge in [0.15, 0.2) is 0 Å². The van der Waals surface area contributed by atoms with Gasteiger partial charge in [0.05, 0.1) is 6.61 Å². The first-order chi connectivity index (χ1) is 8.04. The van der Waals surface area contributed by atoms with Crippen molar-refractivity contribution < 1.29 is 19.1 Å². The first-order valence-electron chi connectivity index (χ1n) is 5.79. The van der Waals surface area contributed by atoms with E-state index in [2.05, 4.69) is 4.74 Å². The molecule has 1 fully saturated rings. The van der Waals surface area contributed by atoms with E-state index in [1.165, 1.54) is 4.90 Å². The summed E-state index contributed by atoms with van der Waals surface area (Å²) < 4.78 is 4.64. The minimum Gasteiger partial charge on any atom is -0.459 e. The molecule has 0 aliphatic carbocycles. The number of nitrogens with two attached hydrogens (primary N) is 1. The summed E-state index contributed by atoms with van der Waals surface area (Å²) in [7, 11) is 0. The zero-order valence-corrected chi connectivity index (χ0v) is 9.98. The Balaban J connectivity index is 2.38. The number of carbonyl (C=O) groups is 3. The van der Waals surface area contributed by atoms with Crippen LogP contribution in [0.3, 0.4) is 0 Å². The molecule has 0 spiro atoms. The second kappa shape index (κ2) is 6.22. The molecule has 0 aromatic rings. The minimum absolute atomic E-state index is 0.197. The molecule has 1 aliphatic heterocycles. The van der Waals surface area contributed by atoms with Crippen molar-refractivity contribution in [3.8, 4) is 0 Å². The Labute approximate surface area is 100 Å². The highest BCUT2D eigenvalue weighted by atomic mass is 16.5. The summed E-state index contributed by atoms with van der Waals surface area (Å²) in [5.41, 5.74) is 5.11. The molecule has 0 aromatic heterocycles. The number of ether oxygens (including phenoxy) is 1. The van der Waals surface area contributed by atoms with Gasteiger partial charge in [-0.05, 0) is 25.7 Å². The van der Waals surface area contributed by atoms with Crippen LogP contribution in [0.5, 0.6) is 0 Å². The number of carbonyl (C=O) groups excluding carboxylic acids is 3. The molecule has 1 saturated heterocycles. The molecular formula is C11H18N2O4. The van der Waals surface area contributed by atoms with Crippen LogP contribution in [0.25, 0.3) is 0 Å². The van der Waals surface area contributed by atoms with Crippen molar-refractivity contribution in [2.24, 2.45) is 11.7 Å². The van der Waals surface area contributed by atoms with Gasteiger partial charge in [-0.15, -0.1) is 0 Å². The van der Waals surface area contributed by atoms with Gasteiger partial charge in [0.2, 0.25) is 5.91 Å². The molecule has 2 amide bonds. The maximum absolute atomic E-state index is 11.6. The summed E-state index contributed by atoms with van der Waals surface area (Å²) in [5.74, 6) is -1.50. The summed E-state index contributed by atoms with van der Waals surface area (Å²) in [5, 5.41) is 0. The number of piperidine rings is 1. The third-order valence-corrected chi connectivity index (χ3v) is 2.84. The summed E-state index contributed by atoms with van der Waals surface area (Å²) in [6, 6.07) is 0. The van der Waals surface area contributed by atoms with Gasteiger partial charge in [0.25, 0.3) is 0 Å². The van der Waals surface area contributed by atoms with Crippen molar-refractivity contribution in [1.29, 1.82) is 0 Å². The Hall–Kier alpha value is -1.59. The number of likely N-dealkylation sites (tertiary alicyclic amines) is 1. The van der Waals surface area contributed by atoms with Gasteiger partial charge in [-0.3, -0.25) is 9.59 Å². The zero-order chi connectivity index (χ0) is 12.8. The smallest absolute Gasteiger partial charge is 0.397 e. The third kappa shape index (κ3) is 4.05. The quantitative estimate of drug-likeness (QED) is 0.541. The van der Waals surface area contributed by atoms with E-state index >= 15 is 0 Å². The molecule has 1 rings (SSSR count). The van der Waals surface area contributed by atoms with Crippen LogP contribution < -0.4 is 5.73 Å². The molecule has 6 heteroatoms. The van der Waals surface area contributed by atoms with Crippen LogP contribution >= 0.6 is 0 Å². The molecule has 0 unspecified atom stereocenters. The lowest BCUT2D eigenvalue weighted by Gasteiger charge is -2.30. The van der Waals surface area contributed by atoms with Crippen molar-refractivity contribution in [1.82, 2.24) is 4.90 Å². The topological polar surface area (TPSA) is 89.7 Å². The van der Waals surface area contributed by atoms with Gasteiger partial charge < -0.3 is 15.4 Å². The molecule has 1 heterocycles. The Morgan fingerprint density at radius 1 is 1.29 bits per heavy atom. The Morgan fingerprint density at radius 2 is 1.88 bits per heavy atom. The van der Waals surface area contributed by atoms with E-state index in [1.54, 1.807) is 6.92 Å². The molecule has 1 aliphatic rings. The monoisotopic (exact) mass is 242 g/mol. The number of rotatable bonds is 3. The number of esters is 1. The second-order valence-corrected chi connectivity index (χ2v) is 4.13. The van der Waals surface area contributed by atoms with Crippen LogP contribution in [0.1, 0.15) is 26.2 Å². The summed E-state index contributed by atoms with van der Waals surface area (Å²) in [4.78, 5) is 35.0. The lowest BCUT2D eigenvalue weighted by molar-refractivity contribution is -0.160. The highest BCUT2D eigenvalue weighted by Crippen LogP contribution is 2.20. The van der Waals surface area contributed by atoms with E-state index in [0.29, 0.717) is 32.4 Å². The van der Waals surface area contributed by atoms with Gasteiger partial charge in [-0.2, -0.15) is 0 Å². The molecular weight excluding hydrogens is 224 g/mol. The molecule has 17 heavy (non-hydrogen) atoms. The van der Waals surface area contributed by atoms with E-state index in [-0.39, 0.29) is 18.4 Å². The van der Waals surface area contributed by atoms with E-state index in [9.17, 15) is 14.4 Å². The maximum Gasteiger partial charge on any atom is 0.397 e. The predicted octanol–water partition coefficient (Wildman–Crippen LogP) is -0.336. The van der Waals surface area contributed by atoms with Crippen molar-refractivity contribution in [2.45, 2.75) is 26.2 Å². The fourth-order valence-corrected chi connectivity index (χ4v) is 1.95. The zero-order valence-electron chi connectivity index (χ0n) is 9.98. The van der Waals surface area contributed by atoms with E-state index in [0.717, 1.165) is 0 Å². The van der Waals surface area contributed by atoms with Crippen LogP contribution in [0, 0.1) is 5.92 Å². The van der Waals surface area contributed by atoms with Crippen LogP contribution in [0.2, 0.25) is 0 Å². The van der Waals surface area contributed by atoms with Gasteiger partial charge >= 0.3 is 11.9 Å². The first-order valence-corrected chi connectivity index (χ1v) is 5.79. The molecule has 0 radical (unpaired) electrons. The first kappa shape index (κ1) is 13.5. The summed E-state index contributed by atoms with van der Waals surface area (Å²) >= 11 is 0. The molecule has 0 bridgehead atoms. The highest BCUT2D eigenvalue weighted by Gasteiger charge is 2.28. The lowest BCUT2D eigenvalue weighted by Crippen LogP contribution is -2.43. The standard InChI is InChI=1S/C11H18N2O4/c1-2-17-11(16)10(15)13-5-3-8(4-6-13)7-9(12)14/h8H,2-7H2,1H3,(H2,12,14). The number of hydrogen-bond donors (Lipinski definition) is 1. The number of primary amides is 1. The molecule has 0 saturated carbocycles. The molecule has 6 nitrogen and oxygen atoms in total. The fourth-order valence-electron chi connectivity index (χ4n) is 1.95. The number of nitrogens with zero attached hydrogens (tertiary/aromatic N) is 1. The van der Waals surface area contributed by atoms with Crippen molar-refractivity contribution >= 4 is 17.8 Å².